The molecule has 0 saturated carbocycles. The number of fused-ring (bicyclic) bond motifs is 9. The Morgan fingerprint density at radius 2 is 1.95 bits per heavy atom. The maximum absolute atomic E-state index is 12.9. The molecular weight excluding hydrogens is 532 g/mol. The first-order valence-electron chi connectivity index (χ1n) is 14.8. The number of piperazine rings is 1. The van der Waals surface area contributed by atoms with E-state index in [9.17, 15) is 15.2 Å². The minimum Gasteiger partial charge on any atom is -0.507 e. The monoisotopic (exact) mass is 572 g/mol. The number of nitrogens with one attached hydrogen (secondary N) is 1. The van der Waals surface area contributed by atoms with Gasteiger partial charge in [0.05, 0.1) is 18.2 Å². The number of hydrogen-bond acceptors (Lipinski definition) is 8. The standard InChI is InChI=1S/C33H40N4O5/c1-8-9-40-30-19(6)31-32(42-15-41-31)27-21(30)12-23-28-26-20(10-17(4)18(5)29(26)38)11-22(36(28)7)24(13-34)37(23)25(27)14-35-33(39)16(2)3/h8,10,16,22-25,28,38H,1,9,11-12,14-15H2,2-7H3,(H,35,39)/t22-,23?,24-,25-,28-/m0/s1. The number of carbonyl (C=O) groups is 1. The summed E-state index contributed by atoms with van der Waals surface area (Å²) in [5, 5.41) is 25.5. The van der Waals surface area contributed by atoms with E-state index >= 15 is 0 Å². The second-order valence-corrected chi connectivity index (χ2v) is 12.3. The highest BCUT2D eigenvalue weighted by Gasteiger charge is 2.56. The van der Waals surface area contributed by atoms with Crippen molar-refractivity contribution in [2.75, 3.05) is 27.0 Å². The van der Waals surface area contributed by atoms with E-state index in [-0.39, 0.29) is 42.8 Å². The fraction of sp³-hybridized carbons (Fsp3) is 0.515. The van der Waals surface area contributed by atoms with Crippen LogP contribution in [0.3, 0.4) is 0 Å². The Morgan fingerprint density at radius 1 is 1.21 bits per heavy atom. The Balaban J connectivity index is 1.60. The van der Waals surface area contributed by atoms with Crippen LogP contribution in [0.25, 0.3) is 0 Å². The van der Waals surface area contributed by atoms with Crippen molar-refractivity contribution in [1.82, 2.24) is 15.1 Å². The number of likely N-dealkylation sites (N-methyl/N-ethyl adjacent to an activating group) is 1. The molecule has 1 fully saturated rings. The van der Waals surface area contributed by atoms with Crippen molar-refractivity contribution in [3.63, 3.8) is 0 Å². The number of amides is 1. The molecule has 2 bridgehead atoms. The van der Waals surface area contributed by atoms with Crippen LogP contribution in [0.15, 0.2) is 18.7 Å². The predicted molar refractivity (Wildman–Crippen MR) is 158 cm³/mol. The van der Waals surface area contributed by atoms with E-state index in [4.69, 9.17) is 14.2 Å². The highest BCUT2D eigenvalue weighted by molar-refractivity contribution is 5.78. The van der Waals surface area contributed by atoms with Crippen LogP contribution in [-0.4, -0.2) is 65.9 Å². The van der Waals surface area contributed by atoms with Crippen LogP contribution in [0.4, 0.5) is 0 Å². The van der Waals surface area contributed by atoms with E-state index in [1.54, 1.807) is 6.08 Å². The van der Waals surface area contributed by atoms with Gasteiger partial charge in [0.15, 0.2) is 11.5 Å². The van der Waals surface area contributed by atoms with Gasteiger partial charge in [0.1, 0.15) is 24.1 Å². The zero-order valence-electron chi connectivity index (χ0n) is 25.3. The molecule has 0 spiro atoms. The van der Waals surface area contributed by atoms with Gasteiger partial charge in [0.25, 0.3) is 0 Å². The summed E-state index contributed by atoms with van der Waals surface area (Å²) in [6, 6.07) is 3.56. The third kappa shape index (κ3) is 4.07. The molecule has 0 aliphatic carbocycles. The molecule has 42 heavy (non-hydrogen) atoms. The average molecular weight is 573 g/mol. The third-order valence-corrected chi connectivity index (χ3v) is 9.77. The van der Waals surface area contributed by atoms with Crippen molar-refractivity contribution in [2.45, 2.75) is 77.7 Å². The molecule has 9 heteroatoms. The van der Waals surface area contributed by atoms with Crippen LogP contribution < -0.4 is 19.5 Å². The first-order valence-corrected chi connectivity index (χ1v) is 14.8. The maximum atomic E-state index is 12.9. The lowest BCUT2D eigenvalue weighted by molar-refractivity contribution is -0.125. The molecule has 2 N–H and O–H groups in total. The lowest BCUT2D eigenvalue weighted by Crippen LogP contribution is -2.68. The number of phenolic OH excluding ortho intramolecular Hbond substituents is 1. The van der Waals surface area contributed by atoms with E-state index in [1.165, 1.54) is 0 Å². The molecule has 0 aromatic heterocycles. The van der Waals surface area contributed by atoms with E-state index in [0.29, 0.717) is 43.2 Å². The number of nitrogens with zero attached hydrogens (tertiary/aromatic N) is 3. The van der Waals surface area contributed by atoms with Crippen LogP contribution in [0.2, 0.25) is 0 Å². The second kappa shape index (κ2) is 10.5. The van der Waals surface area contributed by atoms with Crippen LogP contribution in [-0.2, 0) is 17.6 Å². The number of phenols is 1. The SMILES string of the molecule is C=CCOc1c(C)c2c(c3c1CC1[C@H]4c5c(cc(C)c(C)c5O)C[C@@H]([C@H](C#N)N1[C@H]3CNC(=O)C(C)C)N4C)OCO2. The highest BCUT2D eigenvalue weighted by Crippen LogP contribution is 2.57. The van der Waals surface area contributed by atoms with Gasteiger partial charge < -0.3 is 24.6 Å². The van der Waals surface area contributed by atoms with Gasteiger partial charge >= 0.3 is 0 Å². The number of rotatable bonds is 6. The molecule has 6 rings (SSSR count). The third-order valence-electron chi connectivity index (χ3n) is 9.77. The Bertz CT molecular complexity index is 1510. The molecule has 222 valence electrons. The zero-order valence-corrected chi connectivity index (χ0v) is 25.3. The molecule has 1 saturated heterocycles. The lowest BCUT2D eigenvalue weighted by atomic mass is 9.71. The van der Waals surface area contributed by atoms with Gasteiger partial charge in [-0.15, -0.1) is 0 Å². The topological polar surface area (TPSA) is 107 Å². The van der Waals surface area contributed by atoms with Crippen molar-refractivity contribution in [3.8, 4) is 29.1 Å². The van der Waals surface area contributed by atoms with Crippen molar-refractivity contribution in [1.29, 1.82) is 5.26 Å². The first kappa shape index (κ1) is 28.4. The second-order valence-electron chi connectivity index (χ2n) is 12.3. The summed E-state index contributed by atoms with van der Waals surface area (Å²) in [6.45, 7) is 14.3. The predicted octanol–water partition coefficient (Wildman–Crippen LogP) is 4.15. The Kier molecular flexibility index (Phi) is 7.11. The average Bonchev–Trinajstić information content (AvgIpc) is 3.45. The van der Waals surface area contributed by atoms with Gasteiger partial charge in [-0.05, 0) is 57.4 Å². The lowest BCUT2D eigenvalue weighted by Gasteiger charge is -2.60. The van der Waals surface area contributed by atoms with Crippen LogP contribution in [0, 0.1) is 38.0 Å². The fourth-order valence-corrected chi connectivity index (χ4v) is 7.63. The van der Waals surface area contributed by atoms with E-state index < -0.39 is 6.04 Å². The number of benzene rings is 2. The van der Waals surface area contributed by atoms with Gasteiger partial charge in [-0.2, -0.15) is 5.26 Å². The van der Waals surface area contributed by atoms with Crippen LogP contribution >= 0.6 is 0 Å². The summed E-state index contributed by atoms with van der Waals surface area (Å²) < 4.78 is 18.4. The Labute approximate surface area is 247 Å². The summed E-state index contributed by atoms with van der Waals surface area (Å²) in [7, 11) is 2.07. The number of aryl methyl sites for hydroxylation is 1. The van der Waals surface area contributed by atoms with Crippen LogP contribution in [0.5, 0.6) is 23.0 Å². The van der Waals surface area contributed by atoms with Gasteiger partial charge in [-0.1, -0.05) is 32.6 Å². The van der Waals surface area contributed by atoms with Gasteiger partial charge in [-0.3, -0.25) is 14.6 Å². The molecule has 1 unspecified atom stereocenters. The molecule has 9 nitrogen and oxygen atoms in total. The van der Waals surface area contributed by atoms with E-state index in [0.717, 1.165) is 44.7 Å². The largest absolute Gasteiger partial charge is 0.507 e. The summed E-state index contributed by atoms with van der Waals surface area (Å²) in [5.41, 5.74) is 6.71. The number of nitriles is 1. The van der Waals surface area contributed by atoms with E-state index in [2.05, 4.69) is 40.9 Å². The normalized spacial score (nSPS) is 25.7. The Morgan fingerprint density at radius 3 is 2.64 bits per heavy atom. The summed E-state index contributed by atoms with van der Waals surface area (Å²) in [6.07, 6.45) is 2.94. The molecule has 0 radical (unpaired) electrons. The molecule has 4 aliphatic heterocycles. The number of carbonyl (C=O) groups excluding carboxylic acids is 1. The zero-order chi connectivity index (χ0) is 30.0. The van der Waals surface area contributed by atoms with Crippen molar-refractivity contribution in [2.24, 2.45) is 5.92 Å². The summed E-state index contributed by atoms with van der Waals surface area (Å²) >= 11 is 0. The molecular formula is C33H40N4O5. The molecule has 4 heterocycles. The van der Waals surface area contributed by atoms with Crippen molar-refractivity contribution >= 4 is 5.91 Å². The van der Waals surface area contributed by atoms with Crippen molar-refractivity contribution in [3.05, 3.63) is 57.7 Å². The number of aromatic hydroxyl groups is 1. The Hall–Kier alpha value is -3.74. The van der Waals surface area contributed by atoms with Crippen molar-refractivity contribution < 1.29 is 24.1 Å². The minimum absolute atomic E-state index is 0.0559. The van der Waals surface area contributed by atoms with Gasteiger partial charge in [0, 0.05) is 46.8 Å². The first-order chi connectivity index (χ1) is 20.1. The van der Waals surface area contributed by atoms with Gasteiger partial charge in [0.2, 0.25) is 12.7 Å². The van der Waals surface area contributed by atoms with Crippen LogP contribution in [0.1, 0.15) is 64.9 Å². The smallest absolute Gasteiger partial charge is 0.231 e. The quantitative estimate of drug-likeness (QED) is 0.497. The summed E-state index contributed by atoms with van der Waals surface area (Å²) in [5.74, 6) is 2.12. The molecule has 2 aromatic carbocycles. The molecule has 5 atom stereocenters. The molecule has 4 aliphatic rings. The van der Waals surface area contributed by atoms with Gasteiger partial charge in [-0.25, -0.2) is 0 Å². The summed E-state index contributed by atoms with van der Waals surface area (Å²) in [4.78, 5) is 17.5. The van der Waals surface area contributed by atoms with E-state index in [1.807, 2.05) is 34.6 Å². The number of ether oxygens (including phenoxy) is 3. The highest BCUT2D eigenvalue weighted by atomic mass is 16.7. The maximum Gasteiger partial charge on any atom is 0.231 e. The minimum atomic E-state index is -0.459. The number of hydrogen-bond donors (Lipinski definition) is 2. The fourth-order valence-electron chi connectivity index (χ4n) is 7.63. The molecule has 1 amide bonds. The molecule has 2 aromatic rings.